The first-order valence-electron chi connectivity index (χ1n) is 5.49. The number of hydrogen-bond donors (Lipinski definition) is 0. The summed E-state index contributed by atoms with van der Waals surface area (Å²) in [5.41, 5.74) is 1.26. The number of benzene rings is 1. The van der Waals surface area contributed by atoms with E-state index in [4.69, 9.17) is 4.84 Å². The second kappa shape index (κ2) is 4.51. The van der Waals surface area contributed by atoms with Crippen LogP contribution in [0.5, 0.6) is 0 Å². The summed E-state index contributed by atoms with van der Waals surface area (Å²) in [5.74, 6) is 0. The summed E-state index contributed by atoms with van der Waals surface area (Å²) >= 11 is 0. The van der Waals surface area contributed by atoms with Gasteiger partial charge in [0.1, 0.15) is 11.0 Å². The number of rotatable bonds is 4. The van der Waals surface area contributed by atoms with Gasteiger partial charge in [0.2, 0.25) is 0 Å². The Morgan fingerprint density at radius 2 is 1.78 bits per heavy atom. The van der Waals surface area contributed by atoms with Crippen molar-refractivity contribution in [2.75, 3.05) is 28.2 Å². The highest BCUT2D eigenvalue weighted by Gasteiger charge is 2.39. The van der Waals surface area contributed by atoms with Gasteiger partial charge >= 0.3 is 6.10 Å². The van der Waals surface area contributed by atoms with Crippen LogP contribution in [0.4, 0.5) is 4.39 Å². The van der Waals surface area contributed by atoms with Crippen molar-refractivity contribution in [1.82, 2.24) is 25.0 Å². The summed E-state index contributed by atoms with van der Waals surface area (Å²) < 4.78 is 14.7. The van der Waals surface area contributed by atoms with Gasteiger partial charge in [0, 0.05) is 0 Å². The highest BCUT2D eigenvalue weighted by atomic mass is 19.2. The molecule has 0 N–H and O–H groups in total. The van der Waals surface area contributed by atoms with Crippen LogP contribution in [0.3, 0.4) is 0 Å². The lowest BCUT2D eigenvalue weighted by Gasteiger charge is -2.35. The Morgan fingerprint density at radius 3 is 2.39 bits per heavy atom. The maximum Gasteiger partial charge on any atom is 0.397 e. The molecule has 0 saturated heterocycles. The van der Waals surface area contributed by atoms with Crippen LogP contribution in [0.1, 0.15) is 0 Å². The molecule has 0 unspecified atom stereocenters. The Morgan fingerprint density at radius 1 is 1.17 bits per heavy atom. The minimum Gasteiger partial charge on any atom is -0.323 e. The molecular formula is C11H16FN5O. The van der Waals surface area contributed by atoms with E-state index in [9.17, 15) is 4.39 Å². The third-order valence-electron chi connectivity index (χ3n) is 2.63. The van der Waals surface area contributed by atoms with Crippen molar-refractivity contribution < 1.29 is 9.23 Å². The number of alkyl halides is 1. The summed E-state index contributed by atoms with van der Waals surface area (Å²) in [6.07, 6.45) is -2.10. The smallest absolute Gasteiger partial charge is 0.323 e. The average Bonchev–Trinajstić information content (AvgIpc) is 2.72. The highest BCUT2D eigenvalue weighted by molar-refractivity contribution is 5.73. The van der Waals surface area contributed by atoms with E-state index in [1.54, 1.807) is 40.3 Å². The van der Waals surface area contributed by atoms with Crippen molar-refractivity contribution in [3.8, 4) is 0 Å². The van der Waals surface area contributed by atoms with Crippen LogP contribution in [0.2, 0.25) is 0 Å². The minimum atomic E-state index is -2.10. The van der Waals surface area contributed by atoms with E-state index >= 15 is 0 Å². The van der Waals surface area contributed by atoms with E-state index in [-0.39, 0.29) is 0 Å². The van der Waals surface area contributed by atoms with Crippen molar-refractivity contribution >= 4 is 11.0 Å². The van der Waals surface area contributed by atoms with Crippen LogP contribution in [0, 0.1) is 0 Å². The lowest BCUT2D eigenvalue weighted by Crippen LogP contribution is -2.58. The van der Waals surface area contributed by atoms with E-state index in [1.807, 2.05) is 12.1 Å². The molecular weight excluding hydrogens is 237 g/mol. The highest BCUT2D eigenvalue weighted by Crippen LogP contribution is 2.17. The first-order chi connectivity index (χ1) is 8.45. The zero-order valence-electron chi connectivity index (χ0n) is 10.8. The van der Waals surface area contributed by atoms with Crippen LogP contribution < -0.4 is 4.84 Å². The number of nitrogens with zero attached hydrogens (tertiary/aromatic N) is 5. The largest absolute Gasteiger partial charge is 0.397 e. The molecule has 1 heterocycles. The first-order valence-corrected chi connectivity index (χ1v) is 5.49. The third kappa shape index (κ3) is 2.02. The molecule has 0 bridgehead atoms. The molecule has 98 valence electrons. The molecule has 7 heteroatoms. The number of hydrogen-bond acceptors (Lipinski definition) is 5. The Kier molecular flexibility index (Phi) is 3.18. The summed E-state index contributed by atoms with van der Waals surface area (Å²) in [4.78, 5) is 9.02. The van der Waals surface area contributed by atoms with Gasteiger partial charge in [0.25, 0.3) is 0 Å². The van der Waals surface area contributed by atoms with Gasteiger partial charge in [0.05, 0.1) is 0 Å². The van der Waals surface area contributed by atoms with E-state index in [0.29, 0.717) is 11.0 Å². The minimum absolute atomic E-state index is 0.614. The fourth-order valence-corrected chi connectivity index (χ4v) is 1.59. The number of aromatic nitrogens is 3. The maximum atomic E-state index is 14.7. The van der Waals surface area contributed by atoms with Gasteiger partial charge in [-0.25, -0.2) is 9.80 Å². The van der Waals surface area contributed by atoms with E-state index in [0.717, 1.165) is 4.85 Å². The molecule has 18 heavy (non-hydrogen) atoms. The van der Waals surface area contributed by atoms with Gasteiger partial charge < -0.3 is 4.84 Å². The monoisotopic (exact) mass is 253 g/mol. The molecule has 1 aromatic heterocycles. The second-order valence-corrected chi connectivity index (χ2v) is 4.36. The summed E-state index contributed by atoms with van der Waals surface area (Å²) in [7, 11) is 6.33. The second-order valence-electron chi connectivity index (χ2n) is 4.36. The topological polar surface area (TPSA) is 46.4 Å². The normalized spacial score (nSPS) is 12.6. The zero-order valence-corrected chi connectivity index (χ0v) is 10.8. The molecule has 0 amide bonds. The van der Waals surface area contributed by atoms with Crippen molar-refractivity contribution in [2.24, 2.45) is 0 Å². The van der Waals surface area contributed by atoms with Gasteiger partial charge in [-0.05, 0) is 45.5 Å². The number of halogens is 1. The SMILES string of the molecule is CN(C)C(F)(On1nnc2ccccc21)N(C)C. The molecule has 0 aliphatic heterocycles. The molecule has 0 fully saturated rings. The predicted octanol–water partition coefficient (Wildman–Crippen LogP) is 0.564. The molecule has 0 spiro atoms. The van der Waals surface area contributed by atoms with Crippen molar-refractivity contribution in [3.63, 3.8) is 0 Å². The van der Waals surface area contributed by atoms with Crippen LogP contribution in [0.25, 0.3) is 11.0 Å². The summed E-state index contributed by atoms with van der Waals surface area (Å²) in [5, 5.41) is 7.70. The van der Waals surface area contributed by atoms with Gasteiger partial charge in [-0.2, -0.15) is 4.39 Å². The van der Waals surface area contributed by atoms with Gasteiger partial charge in [0.15, 0.2) is 0 Å². The quantitative estimate of drug-likeness (QED) is 0.588. The average molecular weight is 253 g/mol. The molecule has 0 atom stereocenters. The predicted molar refractivity (Wildman–Crippen MR) is 65.3 cm³/mol. The summed E-state index contributed by atoms with van der Waals surface area (Å²) in [6.45, 7) is 0. The molecule has 2 rings (SSSR count). The zero-order chi connectivity index (χ0) is 13.3. The lowest BCUT2D eigenvalue weighted by atomic mass is 10.3. The van der Waals surface area contributed by atoms with Gasteiger partial charge in [-0.3, -0.25) is 0 Å². The molecule has 0 aliphatic rings. The Labute approximate surface area is 104 Å². The van der Waals surface area contributed by atoms with E-state index in [2.05, 4.69) is 10.3 Å². The summed E-state index contributed by atoms with van der Waals surface area (Å²) in [6, 6.07) is 7.20. The van der Waals surface area contributed by atoms with Crippen LogP contribution in [-0.4, -0.2) is 59.3 Å². The van der Waals surface area contributed by atoms with Crippen LogP contribution in [-0.2, 0) is 0 Å². The molecule has 0 saturated carbocycles. The molecule has 0 aliphatic carbocycles. The van der Waals surface area contributed by atoms with Crippen molar-refractivity contribution in [3.05, 3.63) is 24.3 Å². The van der Waals surface area contributed by atoms with E-state index < -0.39 is 6.10 Å². The van der Waals surface area contributed by atoms with Gasteiger partial charge in [-0.1, -0.05) is 17.0 Å². The number of para-hydroxylation sites is 1. The fourth-order valence-electron chi connectivity index (χ4n) is 1.59. The Bertz CT molecular complexity index is 531. The lowest BCUT2D eigenvalue weighted by molar-refractivity contribution is -0.307. The molecule has 1 aromatic carbocycles. The molecule has 6 nitrogen and oxygen atoms in total. The first kappa shape index (κ1) is 12.7. The Balaban J connectivity index is 2.38. The van der Waals surface area contributed by atoms with Crippen molar-refractivity contribution in [1.29, 1.82) is 0 Å². The third-order valence-corrected chi connectivity index (χ3v) is 2.63. The van der Waals surface area contributed by atoms with Crippen LogP contribution >= 0.6 is 0 Å². The standard InChI is InChI=1S/C11H16FN5O/c1-15(2)11(12,16(3)4)18-17-10-8-6-5-7-9(10)13-14-17/h5-8H,1-4H3. The maximum absolute atomic E-state index is 14.7. The molecule has 0 radical (unpaired) electrons. The Hall–Kier alpha value is -1.73. The molecule has 2 aromatic rings. The van der Waals surface area contributed by atoms with Crippen LogP contribution in [0.15, 0.2) is 24.3 Å². The fraction of sp³-hybridized carbons (Fsp3) is 0.455. The van der Waals surface area contributed by atoms with Gasteiger partial charge in [-0.15, -0.1) is 5.10 Å². The number of fused-ring (bicyclic) bond motifs is 1. The van der Waals surface area contributed by atoms with Crippen molar-refractivity contribution in [2.45, 2.75) is 6.10 Å². The van der Waals surface area contributed by atoms with E-state index in [1.165, 1.54) is 9.80 Å².